The molecule has 7 heteroatoms. The zero-order valence-electron chi connectivity index (χ0n) is 10.6. The summed E-state index contributed by atoms with van der Waals surface area (Å²) < 4.78 is 4.56. The van der Waals surface area contributed by atoms with E-state index in [1.54, 1.807) is 6.92 Å². The van der Waals surface area contributed by atoms with Gasteiger partial charge in [-0.2, -0.15) is 0 Å². The minimum Gasteiger partial charge on any atom is -0.389 e. The van der Waals surface area contributed by atoms with Crippen molar-refractivity contribution in [1.82, 2.24) is 15.3 Å². The predicted molar refractivity (Wildman–Crippen MR) is 63.3 cm³/mol. The van der Waals surface area contributed by atoms with E-state index in [1.807, 2.05) is 0 Å². The average molecular weight is 255 g/mol. The largest absolute Gasteiger partial charge is 0.389 e. The van der Waals surface area contributed by atoms with E-state index in [0.717, 1.165) is 0 Å². The summed E-state index contributed by atoms with van der Waals surface area (Å²) >= 11 is 0. The topological polar surface area (TPSA) is 79.0 Å². The van der Waals surface area contributed by atoms with Crippen LogP contribution in [-0.2, 0) is 14.3 Å². The third kappa shape index (κ3) is 3.56. The molecule has 18 heavy (non-hydrogen) atoms. The smallest absolute Gasteiger partial charge is 0.340 e. The molecule has 0 atom stereocenters. The second-order valence-corrected chi connectivity index (χ2v) is 3.88. The number of nitrogens with one attached hydrogen (secondary N) is 1. The van der Waals surface area contributed by atoms with E-state index in [0.29, 0.717) is 19.6 Å². The number of hydrogen-bond acceptors (Lipinski definition) is 5. The lowest BCUT2D eigenvalue weighted by atomic mass is 10.4. The Bertz CT molecular complexity index is 380. The summed E-state index contributed by atoms with van der Waals surface area (Å²) in [6.45, 7) is 7.99. The normalized spacial score (nSPS) is 14.6. The summed E-state index contributed by atoms with van der Waals surface area (Å²) in [5.41, 5.74) is 0.158. The molecule has 0 spiro atoms. The third-order valence-corrected chi connectivity index (χ3v) is 2.41. The van der Waals surface area contributed by atoms with Crippen molar-refractivity contribution in [2.45, 2.75) is 13.8 Å². The Balaban J connectivity index is 2.52. The zero-order chi connectivity index (χ0) is 13.7. The highest BCUT2D eigenvalue weighted by Gasteiger charge is 2.27. The van der Waals surface area contributed by atoms with Crippen LogP contribution in [0.4, 0.5) is 4.79 Å². The predicted octanol–water partition coefficient (Wildman–Crippen LogP) is -0.106. The van der Waals surface area contributed by atoms with Gasteiger partial charge in [-0.15, -0.1) is 0 Å². The number of urea groups is 1. The number of nitrogens with zero attached hydrogens (tertiary/aromatic N) is 2. The van der Waals surface area contributed by atoms with Gasteiger partial charge in [0.2, 0.25) is 0 Å². The number of rotatable bonds is 5. The molecule has 1 aliphatic rings. The lowest BCUT2D eigenvalue weighted by Crippen LogP contribution is -2.47. The summed E-state index contributed by atoms with van der Waals surface area (Å²) in [4.78, 5) is 34.1. The number of hydrogen-bond donors (Lipinski definition) is 1. The second kappa shape index (κ2) is 6.15. The third-order valence-electron chi connectivity index (χ3n) is 2.41. The monoisotopic (exact) mass is 255 g/mol. The molecule has 0 saturated carbocycles. The number of hydrazine groups is 1. The van der Waals surface area contributed by atoms with Crippen LogP contribution in [0.5, 0.6) is 0 Å². The molecule has 0 aliphatic carbocycles. The van der Waals surface area contributed by atoms with E-state index in [-0.39, 0.29) is 18.1 Å². The van der Waals surface area contributed by atoms with Crippen molar-refractivity contribution in [2.75, 3.05) is 26.2 Å². The van der Waals surface area contributed by atoms with Gasteiger partial charge in [-0.25, -0.2) is 14.6 Å². The van der Waals surface area contributed by atoms with Gasteiger partial charge >= 0.3 is 18.0 Å². The van der Waals surface area contributed by atoms with E-state index in [4.69, 9.17) is 0 Å². The van der Waals surface area contributed by atoms with Crippen LogP contribution in [0.25, 0.3) is 0 Å². The van der Waals surface area contributed by atoms with E-state index in [1.165, 1.54) is 16.9 Å². The zero-order valence-corrected chi connectivity index (χ0v) is 10.6. The standard InChI is InChI=1S/C11H17N3O4/c1-4-13(14-6-5-12-11(14)17)7-9(15)18-10(16)8(2)3/h2,4-7H2,1,3H3,(H,12,17). The fourth-order valence-corrected chi connectivity index (χ4v) is 1.47. The first-order valence-corrected chi connectivity index (χ1v) is 5.66. The first-order chi connectivity index (χ1) is 8.45. The van der Waals surface area contributed by atoms with E-state index in [2.05, 4.69) is 16.6 Å². The quantitative estimate of drug-likeness (QED) is 0.421. The van der Waals surface area contributed by atoms with Gasteiger partial charge in [0, 0.05) is 18.7 Å². The van der Waals surface area contributed by atoms with Crippen molar-refractivity contribution >= 4 is 18.0 Å². The fourth-order valence-electron chi connectivity index (χ4n) is 1.47. The molecule has 1 rings (SSSR count). The van der Waals surface area contributed by atoms with Gasteiger partial charge in [-0.05, 0) is 6.92 Å². The summed E-state index contributed by atoms with van der Waals surface area (Å²) in [6.07, 6.45) is 0. The average Bonchev–Trinajstić information content (AvgIpc) is 2.72. The highest BCUT2D eigenvalue weighted by molar-refractivity contribution is 5.95. The lowest BCUT2D eigenvalue weighted by molar-refractivity contribution is -0.159. The Hall–Kier alpha value is -1.89. The molecular weight excluding hydrogens is 238 g/mol. The molecule has 0 unspecified atom stereocenters. The van der Waals surface area contributed by atoms with Crippen LogP contribution in [-0.4, -0.2) is 54.2 Å². The molecule has 0 bridgehead atoms. The molecule has 7 nitrogen and oxygen atoms in total. The Kier molecular flexibility index (Phi) is 4.85. The summed E-state index contributed by atoms with van der Waals surface area (Å²) in [7, 11) is 0. The van der Waals surface area contributed by atoms with E-state index < -0.39 is 11.9 Å². The molecule has 1 saturated heterocycles. The molecule has 100 valence electrons. The number of carbonyl (C=O) groups is 3. The molecule has 1 fully saturated rings. The van der Waals surface area contributed by atoms with Gasteiger partial charge in [-0.1, -0.05) is 13.5 Å². The van der Waals surface area contributed by atoms with E-state index in [9.17, 15) is 14.4 Å². The van der Waals surface area contributed by atoms with Crippen molar-refractivity contribution < 1.29 is 19.1 Å². The van der Waals surface area contributed by atoms with Crippen molar-refractivity contribution in [3.63, 3.8) is 0 Å². The molecule has 1 aliphatic heterocycles. The molecule has 2 amide bonds. The maximum atomic E-state index is 11.5. The van der Waals surface area contributed by atoms with Crippen molar-refractivity contribution in [2.24, 2.45) is 0 Å². The summed E-state index contributed by atoms with van der Waals surface area (Å²) in [6, 6.07) is -0.254. The molecular formula is C11H17N3O4. The maximum absolute atomic E-state index is 11.5. The van der Waals surface area contributed by atoms with Crippen LogP contribution in [0, 0.1) is 0 Å². The minimum atomic E-state index is -0.748. The SMILES string of the molecule is C=C(C)C(=O)OC(=O)CN(CC)N1CCNC1=O. The summed E-state index contributed by atoms with van der Waals surface area (Å²) in [5, 5.41) is 5.58. The second-order valence-electron chi connectivity index (χ2n) is 3.88. The lowest BCUT2D eigenvalue weighted by Gasteiger charge is -2.28. The van der Waals surface area contributed by atoms with Gasteiger partial charge in [-0.3, -0.25) is 9.80 Å². The molecule has 0 aromatic carbocycles. The minimum absolute atomic E-state index is 0.150. The molecule has 0 radical (unpaired) electrons. The van der Waals surface area contributed by atoms with Gasteiger partial charge < -0.3 is 10.1 Å². The van der Waals surface area contributed by atoms with Crippen LogP contribution in [0.15, 0.2) is 12.2 Å². The Morgan fingerprint density at radius 2 is 2.22 bits per heavy atom. The Morgan fingerprint density at radius 3 is 2.67 bits per heavy atom. The number of esters is 2. The number of ether oxygens (including phenoxy) is 1. The van der Waals surface area contributed by atoms with Gasteiger partial charge in [0.1, 0.15) is 6.54 Å². The number of likely N-dealkylation sites (N-methyl/N-ethyl adjacent to an activating group) is 1. The Labute approximate surface area is 105 Å². The van der Waals surface area contributed by atoms with Crippen molar-refractivity contribution in [3.8, 4) is 0 Å². The fraction of sp³-hybridized carbons (Fsp3) is 0.545. The molecule has 0 aromatic rings. The molecule has 0 aromatic heterocycles. The molecule has 1 N–H and O–H groups in total. The van der Waals surface area contributed by atoms with Gasteiger partial charge in [0.25, 0.3) is 0 Å². The maximum Gasteiger partial charge on any atom is 0.340 e. The van der Waals surface area contributed by atoms with Crippen LogP contribution in [0.2, 0.25) is 0 Å². The number of amides is 2. The van der Waals surface area contributed by atoms with Crippen molar-refractivity contribution in [1.29, 1.82) is 0 Å². The van der Waals surface area contributed by atoms with Gasteiger partial charge in [0.15, 0.2) is 0 Å². The first-order valence-electron chi connectivity index (χ1n) is 5.66. The van der Waals surface area contributed by atoms with Crippen LogP contribution < -0.4 is 5.32 Å². The van der Waals surface area contributed by atoms with Crippen LogP contribution >= 0.6 is 0 Å². The highest BCUT2D eigenvalue weighted by atomic mass is 16.6. The Morgan fingerprint density at radius 1 is 1.56 bits per heavy atom. The number of carbonyl (C=O) groups excluding carboxylic acids is 3. The highest BCUT2D eigenvalue weighted by Crippen LogP contribution is 2.04. The summed E-state index contributed by atoms with van der Waals surface area (Å²) in [5.74, 6) is -1.45. The van der Waals surface area contributed by atoms with Gasteiger partial charge in [0.05, 0.1) is 6.54 Å². The molecule has 1 heterocycles. The van der Waals surface area contributed by atoms with E-state index >= 15 is 0 Å². The first kappa shape index (κ1) is 14.2. The van der Waals surface area contributed by atoms with Crippen molar-refractivity contribution in [3.05, 3.63) is 12.2 Å². The van der Waals surface area contributed by atoms with Crippen LogP contribution in [0.3, 0.4) is 0 Å². The van der Waals surface area contributed by atoms with Crippen LogP contribution in [0.1, 0.15) is 13.8 Å².